The standard InChI is InChI=1S/C19H18BrN3O5/c1-27-14-7-11(8-15(9-14)28-2)18(25)22-21-16-10-17(24)23(19(16)26)13-5-3-12(20)4-6-13/h3-9,16,21H,10H2,1-2H3,(H,22,25). The van der Waals surface area contributed by atoms with E-state index in [4.69, 9.17) is 9.47 Å². The van der Waals surface area contributed by atoms with Crippen LogP contribution in [0.5, 0.6) is 11.5 Å². The first-order chi connectivity index (χ1) is 13.4. The molecule has 0 bridgehead atoms. The minimum absolute atomic E-state index is 0.0589. The van der Waals surface area contributed by atoms with Crippen molar-refractivity contribution in [2.24, 2.45) is 0 Å². The van der Waals surface area contributed by atoms with Crippen LogP contribution in [0.15, 0.2) is 46.9 Å². The van der Waals surface area contributed by atoms with Crippen LogP contribution in [0, 0.1) is 0 Å². The molecule has 2 aromatic rings. The molecule has 0 aliphatic carbocycles. The van der Waals surface area contributed by atoms with Crippen LogP contribution in [0.25, 0.3) is 0 Å². The second-order valence-electron chi connectivity index (χ2n) is 6.00. The second-order valence-corrected chi connectivity index (χ2v) is 6.92. The largest absolute Gasteiger partial charge is 0.497 e. The summed E-state index contributed by atoms with van der Waals surface area (Å²) in [7, 11) is 2.96. The number of nitrogens with zero attached hydrogens (tertiary/aromatic N) is 1. The van der Waals surface area contributed by atoms with Crippen LogP contribution < -0.4 is 25.2 Å². The van der Waals surface area contributed by atoms with E-state index in [0.717, 1.165) is 9.37 Å². The third kappa shape index (κ3) is 4.15. The van der Waals surface area contributed by atoms with Crippen LogP contribution in [0.1, 0.15) is 16.8 Å². The van der Waals surface area contributed by atoms with Crippen molar-refractivity contribution in [3.05, 3.63) is 52.5 Å². The van der Waals surface area contributed by atoms with Gasteiger partial charge in [0, 0.05) is 16.1 Å². The summed E-state index contributed by atoms with van der Waals surface area (Å²) in [4.78, 5) is 38.4. The van der Waals surface area contributed by atoms with E-state index in [1.807, 2.05) is 0 Å². The van der Waals surface area contributed by atoms with Crippen LogP contribution in [0.3, 0.4) is 0 Å². The maximum atomic E-state index is 12.6. The SMILES string of the molecule is COc1cc(OC)cc(C(=O)NNC2CC(=O)N(c3ccc(Br)cc3)C2=O)c1. The number of methoxy groups -OCH3 is 2. The van der Waals surface area contributed by atoms with Gasteiger partial charge in [0.05, 0.1) is 26.3 Å². The second kappa shape index (κ2) is 8.41. The van der Waals surface area contributed by atoms with Gasteiger partial charge in [0.1, 0.15) is 17.5 Å². The number of hydrogen-bond donors (Lipinski definition) is 2. The molecule has 2 N–H and O–H groups in total. The van der Waals surface area contributed by atoms with Crippen molar-refractivity contribution in [3.63, 3.8) is 0 Å². The van der Waals surface area contributed by atoms with E-state index in [2.05, 4.69) is 26.8 Å². The van der Waals surface area contributed by atoms with Crippen LogP contribution in [0.4, 0.5) is 5.69 Å². The van der Waals surface area contributed by atoms with E-state index >= 15 is 0 Å². The molecule has 0 saturated carbocycles. The fraction of sp³-hybridized carbons (Fsp3) is 0.211. The van der Waals surface area contributed by atoms with Gasteiger partial charge in [0.25, 0.3) is 11.8 Å². The number of rotatable bonds is 6. The quantitative estimate of drug-likeness (QED) is 0.519. The van der Waals surface area contributed by atoms with Crippen LogP contribution in [-0.4, -0.2) is 38.0 Å². The molecule has 0 aromatic heterocycles. The number of anilines is 1. The lowest BCUT2D eigenvalue weighted by Gasteiger charge is -2.16. The third-order valence-electron chi connectivity index (χ3n) is 4.21. The van der Waals surface area contributed by atoms with E-state index < -0.39 is 17.9 Å². The highest BCUT2D eigenvalue weighted by Gasteiger charge is 2.39. The Kier molecular flexibility index (Phi) is 5.96. The molecule has 3 rings (SSSR count). The van der Waals surface area contributed by atoms with E-state index in [0.29, 0.717) is 17.2 Å². The molecule has 28 heavy (non-hydrogen) atoms. The van der Waals surface area contributed by atoms with Gasteiger partial charge >= 0.3 is 0 Å². The highest BCUT2D eigenvalue weighted by molar-refractivity contribution is 9.10. The Hall–Kier alpha value is -2.91. The topological polar surface area (TPSA) is 97.0 Å². The van der Waals surface area contributed by atoms with Gasteiger partial charge in [-0.05, 0) is 36.4 Å². The highest BCUT2D eigenvalue weighted by atomic mass is 79.9. The van der Waals surface area contributed by atoms with Crippen LogP contribution in [0.2, 0.25) is 0 Å². The van der Waals surface area contributed by atoms with E-state index in [9.17, 15) is 14.4 Å². The van der Waals surface area contributed by atoms with Crippen molar-refractivity contribution in [1.82, 2.24) is 10.9 Å². The minimum Gasteiger partial charge on any atom is -0.497 e. The zero-order valence-corrected chi connectivity index (χ0v) is 16.8. The molecule has 3 amide bonds. The molecule has 2 aromatic carbocycles. The van der Waals surface area contributed by atoms with Crippen molar-refractivity contribution in [2.75, 3.05) is 19.1 Å². The first-order valence-corrected chi connectivity index (χ1v) is 9.13. The number of amides is 3. The molecule has 1 aliphatic heterocycles. The maximum Gasteiger partial charge on any atom is 0.265 e. The van der Waals surface area contributed by atoms with Crippen molar-refractivity contribution in [1.29, 1.82) is 0 Å². The smallest absolute Gasteiger partial charge is 0.265 e. The lowest BCUT2D eigenvalue weighted by Crippen LogP contribution is -2.48. The molecule has 146 valence electrons. The molecule has 1 unspecified atom stereocenters. The van der Waals surface area contributed by atoms with Crippen LogP contribution in [-0.2, 0) is 9.59 Å². The van der Waals surface area contributed by atoms with Crippen molar-refractivity contribution in [2.45, 2.75) is 12.5 Å². The molecule has 1 aliphatic rings. The van der Waals surface area contributed by atoms with Gasteiger partial charge in [-0.3, -0.25) is 19.8 Å². The summed E-state index contributed by atoms with van der Waals surface area (Å²) in [5.74, 6) is -0.353. The predicted octanol–water partition coefficient (Wildman–Crippen LogP) is 2.03. The van der Waals surface area contributed by atoms with Crippen molar-refractivity contribution in [3.8, 4) is 11.5 Å². The number of imide groups is 1. The maximum absolute atomic E-state index is 12.6. The number of halogens is 1. The lowest BCUT2D eigenvalue weighted by atomic mass is 10.2. The molecule has 1 atom stereocenters. The molecular formula is C19H18BrN3O5. The van der Waals surface area contributed by atoms with Gasteiger partial charge in [-0.15, -0.1) is 0 Å². The van der Waals surface area contributed by atoms with Crippen molar-refractivity contribution >= 4 is 39.3 Å². The number of hydrogen-bond acceptors (Lipinski definition) is 6. The summed E-state index contributed by atoms with van der Waals surface area (Å²) in [5, 5.41) is 0. The first-order valence-electron chi connectivity index (χ1n) is 8.34. The van der Waals surface area contributed by atoms with Crippen LogP contribution >= 0.6 is 15.9 Å². The number of carbonyl (C=O) groups is 3. The van der Waals surface area contributed by atoms with Gasteiger partial charge in [0.15, 0.2) is 0 Å². The van der Waals surface area contributed by atoms with Gasteiger partial charge in [0.2, 0.25) is 5.91 Å². The van der Waals surface area contributed by atoms with Gasteiger partial charge in [-0.25, -0.2) is 10.3 Å². The average molecular weight is 448 g/mol. The Balaban J connectivity index is 1.68. The number of nitrogens with one attached hydrogen (secondary N) is 2. The molecule has 9 heteroatoms. The number of ether oxygens (including phenoxy) is 2. The highest BCUT2D eigenvalue weighted by Crippen LogP contribution is 2.25. The molecule has 0 spiro atoms. The fourth-order valence-electron chi connectivity index (χ4n) is 2.77. The summed E-state index contributed by atoms with van der Waals surface area (Å²) in [6, 6.07) is 10.7. The Morgan fingerprint density at radius 1 is 1.07 bits per heavy atom. The van der Waals surface area contributed by atoms with Gasteiger partial charge in [-0.1, -0.05) is 15.9 Å². The Morgan fingerprint density at radius 2 is 1.68 bits per heavy atom. The zero-order chi connectivity index (χ0) is 20.3. The number of benzene rings is 2. The summed E-state index contributed by atoms with van der Waals surface area (Å²) in [5.41, 5.74) is 5.87. The monoisotopic (exact) mass is 447 g/mol. The normalized spacial score (nSPS) is 16.2. The average Bonchev–Trinajstić information content (AvgIpc) is 2.99. The third-order valence-corrected chi connectivity index (χ3v) is 4.73. The van der Waals surface area contributed by atoms with Crippen molar-refractivity contribution < 1.29 is 23.9 Å². The summed E-state index contributed by atoms with van der Waals surface area (Å²) in [6.45, 7) is 0. The van der Waals surface area contributed by atoms with E-state index in [1.54, 1.807) is 30.3 Å². The summed E-state index contributed by atoms with van der Waals surface area (Å²) in [6.07, 6.45) is -0.0589. The molecule has 1 heterocycles. The lowest BCUT2D eigenvalue weighted by molar-refractivity contribution is -0.121. The molecule has 0 radical (unpaired) electrons. The molecular weight excluding hydrogens is 430 g/mol. The Labute approximate surface area is 169 Å². The predicted molar refractivity (Wildman–Crippen MR) is 105 cm³/mol. The first kappa shape index (κ1) is 19.8. The Bertz CT molecular complexity index is 894. The number of hydrazine groups is 1. The fourth-order valence-corrected chi connectivity index (χ4v) is 3.03. The Morgan fingerprint density at radius 3 is 2.25 bits per heavy atom. The molecule has 8 nitrogen and oxygen atoms in total. The molecule has 1 saturated heterocycles. The summed E-state index contributed by atoms with van der Waals surface area (Å²) >= 11 is 3.31. The zero-order valence-electron chi connectivity index (χ0n) is 15.2. The van der Waals surface area contributed by atoms with Gasteiger partial charge < -0.3 is 9.47 Å². The van der Waals surface area contributed by atoms with E-state index in [1.165, 1.54) is 26.4 Å². The number of carbonyl (C=O) groups excluding carboxylic acids is 3. The summed E-state index contributed by atoms with van der Waals surface area (Å²) < 4.78 is 11.1. The van der Waals surface area contributed by atoms with E-state index in [-0.39, 0.29) is 17.9 Å². The molecule has 1 fully saturated rings. The van der Waals surface area contributed by atoms with Gasteiger partial charge in [-0.2, -0.15) is 0 Å². The minimum atomic E-state index is -0.854.